The first-order chi connectivity index (χ1) is 9.79. The normalized spacial score (nSPS) is 14.7. The summed E-state index contributed by atoms with van der Waals surface area (Å²) in [5.74, 6) is -0.460. The maximum Gasteiger partial charge on any atom is 0.407 e. The number of carbonyl (C=O) groups excluding carboxylic acids is 3. The molecule has 0 aromatic heterocycles. The van der Waals surface area contributed by atoms with Crippen molar-refractivity contribution < 1.29 is 19.1 Å². The molecule has 6 nitrogen and oxygen atoms in total. The van der Waals surface area contributed by atoms with Gasteiger partial charge in [0.05, 0.1) is 0 Å². The minimum Gasteiger partial charge on any atom is -0.444 e. The van der Waals surface area contributed by atoms with Gasteiger partial charge in [-0.15, -0.1) is 0 Å². The Kier molecular flexibility index (Phi) is 6.39. The SMILES string of the molecule is CC(C)(C)OC(=O)NCCCCCCN1C(=O)C=CC1=O. The first-order valence-electron chi connectivity index (χ1n) is 7.30. The van der Waals surface area contributed by atoms with Gasteiger partial charge in [-0.3, -0.25) is 14.5 Å². The highest BCUT2D eigenvalue weighted by atomic mass is 16.6. The second kappa shape index (κ2) is 7.81. The molecule has 0 saturated carbocycles. The van der Waals surface area contributed by atoms with Crippen molar-refractivity contribution in [3.8, 4) is 0 Å². The molecule has 3 amide bonds. The summed E-state index contributed by atoms with van der Waals surface area (Å²) in [6.07, 6.45) is 5.67. The summed E-state index contributed by atoms with van der Waals surface area (Å²) in [6, 6.07) is 0. The fraction of sp³-hybridized carbons (Fsp3) is 0.667. The molecule has 1 rings (SSSR count). The summed E-state index contributed by atoms with van der Waals surface area (Å²) in [7, 11) is 0. The molecular formula is C15H24N2O4. The van der Waals surface area contributed by atoms with Gasteiger partial charge in [0, 0.05) is 25.2 Å². The van der Waals surface area contributed by atoms with Gasteiger partial charge in [-0.05, 0) is 33.6 Å². The Labute approximate surface area is 125 Å². The van der Waals surface area contributed by atoms with Crippen LogP contribution in [0.1, 0.15) is 46.5 Å². The molecule has 21 heavy (non-hydrogen) atoms. The van der Waals surface area contributed by atoms with Crippen LogP contribution in [0.3, 0.4) is 0 Å². The van der Waals surface area contributed by atoms with Gasteiger partial charge in [-0.25, -0.2) is 4.79 Å². The van der Waals surface area contributed by atoms with Crippen LogP contribution in [0.5, 0.6) is 0 Å². The van der Waals surface area contributed by atoms with E-state index < -0.39 is 11.7 Å². The second-order valence-electron chi connectivity index (χ2n) is 6.00. The summed E-state index contributed by atoms with van der Waals surface area (Å²) >= 11 is 0. The van der Waals surface area contributed by atoms with Crippen LogP contribution in [0.15, 0.2) is 12.2 Å². The highest BCUT2D eigenvalue weighted by molar-refractivity contribution is 6.12. The van der Waals surface area contributed by atoms with Crippen LogP contribution in [0.25, 0.3) is 0 Å². The van der Waals surface area contributed by atoms with Crippen molar-refractivity contribution in [2.24, 2.45) is 0 Å². The average Bonchev–Trinajstić information content (AvgIpc) is 2.66. The lowest BCUT2D eigenvalue weighted by Crippen LogP contribution is -2.33. The molecule has 0 fully saturated rings. The molecular weight excluding hydrogens is 272 g/mol. The molecule has 0 radical (unpaired) electrons. The van der Waals surface area contributed by atoms with Crippen LogP contribution >= 0.6 is 0 Å². The number of hydrogen-bond acceptors (Lipinski definition) is 4. The smallest absolute Gasteiger partial charge is 0.407 e. The van der Waals surface area contributed by atoms with Crippen molar-refractivity contribution in [3.05, 3.63) is 12.2 Å². The number of rotatable bonds is 7. The number of carbonyl (C=O) groups is 3. The molecule has 1 N–H and O–H groups in total. The molecule has 0 aliphatic carbocycles. The zero-order valence-corrected chi connectivity index (χ0v) is 13.0. The first kappa shape index (κ1) is 17.2. The molecule has 0 bridgehead atoms. The van der Waals surface area contributed by atoms with E-state index in [1.807, 2.05) is 20.8 Å². The fourth-order valence-electron chi connectivity index (χ4n) is 1.90. The Morgan fingerprint density at radius 1 is 1.10 bits per heavy atom. The van der Waals surface area contributed by atoms with E-state index in [-0.39, 0.29) is 11.8 Å². The first-order valence-corrected chi connectivity index (χ1v) is 7.30. The van der Waals surface area contributed by atoms with Crippen LogP contribution in [0, 0.1) is 0 Å². The molecule has 1 heterocycles. The number of amides is 3. The van der Waals surface area contributed by atoms with Crippen molar-refractivity contribution in [2.45, 2.75) is 52.1 Å². The lowest BCUT2D eigenvalue weighted by Gasteiger charge is -2.19. The van der Waals surface area contributed by atoms with E-state index in [9.17, 15) is 14.4 Å². The molecule has 0 saturated heterocycles. The Hall–Kier alpha value is -1.85. The molecule has 0 spiro atoms. The van der Waals surface area contributed by atoms with Gasteiger partial charge in [-0.1, -0.05) is 12.8 Å². The molecule has 0 unspecified atom stereocenters. The van der Waals surface area contributed by atoms with Gasteiger partial charge in [-0.2, -0.15) is 0 Å². The third-order valence-electron chi connectivity index (χ3n) is 2.88. The quantitative estimate of drug-likeness (QED) is 0.576. The number of nitrogens with one attached hydrogen (secondary N) is 1. The average molecular weight is 296 g/mol. The van der Waals surface area contributed by atoms with Crippen LogP contribution in [-0.4, -0.2) is 41.5 Å². The predicted molar refractivity (Wildman–Crippen MR) is 78.6 cm³/mol. The zero-order chi connectivity index (χ0) is 15.9. The third kappa shape index (κ3) is 6.92. The zero-order valence-electron chi connectivity index (χ0n) is 13.0. The van der Waals surface area contributed by atoms with Gasteiger partial charge in [0.15, 0.2) is 0 Å². The van der Waals surface area contributed by atoms with Crippen LogP contribution in [0.4, 0.5) is 4.79 Å². The van der Waals surface area contributed by atoms with E-state index >= 15 is 0 Å². The number of ether oxygens (including phenoxy) is 1. The van der Waals surface area contributed by atoms with E-state index in [2.05, 4.69) is 5.32 Å². The molecule has 6 heteroatoms. The molecule has 118 valence electrons. The van der Waals surface area contributed by atoms with Crippen molar-refractivity contribution in [3.63, 3.8) is 0 Å². The summed E-state index contributed by atoms with van der Waals surface area (Å²) in [6.45, 7) is 6.50. The van der Waals surface area contributed by atoms with Crippen LogP contribution < -0.4 is 5.32 Å². The number of unbranched alkanes of at least 4 members (excludes halogenated alkanes) is 3. The molecule has 0 atom stereocenters. The maximum absolute atomic E-state index is 11.4. The monoisotopic (exact) mass is 296 g/mol. The minimum atomic E-state index is -0.479. The summed E-state index contributed by atoms with van der Waals surface area (Å²) in [4.78, 5) is 35.2. The highest BCUT2D eigenvalue weighted by Crippen LogP contribution is 2.08. The van der Waals surface area contributed by atoms with E-state index in [4.69, 9.17) is 4.74 Å². The van der Waals surface area contributed by atoms with E-state index in [0.29, 0.717) is 13.1 Å². The van der Waals surface area contributed by atoms with Crippen molar-refractivity contribution in [1.29, 1.82) is 0 Å². The number of imide groups is 1. The van der Waals surface area contributed by atoms with Crippen LogP contribution in [-0.2, 0) is 14.3 Å². The summed E-state index contributed by atoms with van der Waals surface area (Å²) < 4.78 is 5.12. The predicted octanol–water partition coefficient (Wildman–Crippen LogP) is 2.00. The molecule has 0 aromatic carbocycles. The van der Waals surface area contributed by atoms with Gasteiger partial charge in [0.1, 0.15) is 5.60 Å². The van der Waals surface area contributed by atoms with E-state index in [1.54, 1.807) is 0 Å². The third-order valence-corrected chi connectivity index (χ3v) is 2.88. The summed E-state index contributed by atoms with van der Waals surface area (Å²) in [5, 5.41) is 2.70. The van der Waals surface area contributed by atoms with Crippen LogP contribution in [0.2, 0.25) is 0 Å². The van der Waals surface area contributed by atoms with Gasteiger partial charge in [0.2, 0.25) is 0 Å². The Bertz CT molecular complexity index is 406. The second-order valence-corrected chi connectivity index (χ2v) is 6.00. The Morgan fingerprint density at radius 3 is 2.24 bits per heavy atom. The topological polar surface area (TPSA) is 75.7 Å². The Balaban J connectivity index is 1.99. The highest BCUT2D eigenvalue weighted by Gasteiger charge is 2.22. The van der Waals surface area contributed by atoms with Gasteiger partial charge < -0.3 is 10.1 Å². The number of hydrogen-bond donors (Lipinski definition) is 1. The minimum absolute atomic E-state index is 0.230. The number of alkyl carbamates (subject to hydrolysis) is 1. The standard InChI is InChI=1S/C15H24N2O4/c1-15(2,3)21-14(20)16-10-6-4-5-7-11-17-12(18)8-9-13(17)19/h8-9H,4-7,10-11H2,1-3H3,(H,16,20). The lowest BCUT2D eigenvalue weighted by atomic mass is 10.2. The van der Waals surface area contributed by atoms with Gasteiger partial charge in [0.25, 0.3) is 11.8 Å². The lowest BCUT2D eigenvalue weighted by molar-refractivity contribution is -0.136. The fourth-order valence-corrected chi connectivity index (χ4v) is 1.90. The maximum atomic E-state index is 11.4. The van der Waals surface area contributed by atoms with Crippen molar-refractivity contribution in [1.82, 2.24) is 10.2 Å². The van der Waals surface area contributed by atoms with E-state index in [0.717, 1.165) is 25.7 Å². The van der Waals surface area contributed by atoms with Crippen molar-refractivity contribution >= 4 is 17.9 Å². The molecule has 1 aliphatic rings. The van der Waals surface area contributed by atoms with Crippen molar-refractivity contribution in [2.75, 3.05) is 13.1 Å². The van der Waals surface area contributed by atoms with Gasteiger partial charge >= 0.3 is 6.09 Å². The number of nitrogens with zero attached hydrogens (tertiary/aromatic N) is 1. The summed E-state index contributed by atoms with van der Waals surface area (Å²) in [5.41, 5.74) is -0.479. The van der Waals surface area contributed by atoms with E-state index in [1.165, 1.54) is 17.1 Å². The molecule has 0 aromatic rings. The Morgan fingerprint density at radius 2 is 1.67 bits per heavy atom. The largest absolute Gasteiger partial charge is 0.444 e. The molecule has 1 aliphatic heterocycles.